The molecule has 1 N–H and O–H groups in total. The van der Waals surface area contributed by atoms with Gasteiger partial charge in [0.15, 0.2) is 0 Å². The van der Waals surface area contributed by atoms with Crippen molar-refractivity contribution < 1.29 is 9.18 Å². The van der Waals surface area contributed by atoms with Crippen LogP contribution in [0.3, 0.4) is 0 Å². The molecule has 1 heterocycles. The molecule has 1 aromatic carbocycles. The van der Waals surface area contributed by atoms with Crippen LogP contribution in [0.1, 0.15) is 21.5 Å². The minimum atomic E-state index is -0.569. The summed E-state index contributed by atoms with van der Waals surface area (Å²) in [5.41, 5.74) is 2.93. The lowest BCUT2D eigenvalue weighted by Crippen LogP contribution is -2.15. The maximum Gasteiger partial charge on any atom is 0.256 e. The van der Waals surface area contributed by atoms with E-state index in [-0.39, 0.29) is 5.91 Å². The van der Waals surface area contributed by atoms with E-state index >= 15 is 0 Å². The van der Waals surface area contributed by atoms with Crippen molar-refractivity contribution in [3.8, 4) is 0 Å². The van der Waals surface area contributed by atoms with E-state index in [1.165, 1.54) is 18.3 Å². The van der Waals surface area contributed by atoms with Crippen LogP contribution in [0.2, 0.25) is 0 Å². The number of amides is 1. The first-order chi connectivity index (χ1) is 8.58. The number of nitrogens with zero attached hydrogens (tertiary/aromatic N) is 1. The van der Waals surface area contributed by atoms with Gasteiger partial charge < -0.3 is 5.32 Å². The molecule has 4 heteroatoms. The van der Waals surface area contributed by atoms with Crippen molar-refractivity contribution in [1.82, 2.24) is 4.98 Å². The number of benzene rings is 1. The first kappa shape index (κ1) is 12.2. The van der Waals surface area contributed by atoms with Gasteiger partial charge >= 0.3 is 0 Å². The van der Waals surface area contributed by atoms with Crippen molar-refractivity contribution in [2.24, 2.45) is 0 Å². The number of aromatic nitrogens is 1. The maximum absolute atomic E-state index is 12.7. The molecule has 2 rings (SSSR count). The lowest BCUT2D eigenvalue weighted by Gasteiger charge is -2.10. The summed E-state index contributed by atoms with van der Waals surface area (Å²) in [4.78, 5) is 15.6. The SMILES string of the molecule is Cc1cccc(C)c1C(=O)Nc1ccc(F)nc1. The third kappa shape index (κ3) is 2.53. The van der Waals surface area contributed by atoms with Gasteiger partial charge in [-0.05, 0) is 37.1 Å². The Morgan fingerprint density at radius 1 is 1.17 bits per heavy atom. The molecular formula is C14H13FN2O. The lowest BCUT2D eigenvalue weighted by atomic mass is 10.0. The summed E-state index contributed by atoms with van der Waals surface area (Å²) in [5, 5.41) is 2.70. The zero-order chi connectivity index (χ0) is 13.1. The molecule has 0 aliphatic carbocycles. The smallest absolute Gasteiger partial charge is 0.256 e. The van der Waals surface area contributed by atoms with E-state index in [1.807, 2.05) is 32.0 Å². The summed E-state index contributed by atoms with van der Waals surface area (Å²) >= 11 is 0. The number of pyridine rings is 1. The van der Waals surface area contributed by atoms with Gasteiger partial charge in [-0.3, -0.25) is 4.79 Å². The number of anilines is 1. The highest BCUT2D eigenvalue weighted by Gasteiger charge is 2.11. The summed E-state index contributed by atoms with van der Waals surface area (Å²) in [7, 11) is 0. The normalized spacial score (nSPS) is 10.2. The quantitative estimate of drug-likeness (QED) is 0.825. The zero-order valence-corrected chi connectivity index (χ0v) is 10.2. The summed E-state index contributed by atoms with van der Waals surface area (Å²) in [6.45, 7) is 3.76. The number of carbonyl (C=O) groups excluding carboxylic acids is 1. The second-order valence-corrected chi connectivity index (χ2v) is 4.09. The zero-order valence-electron chi connectivity index (χ0n) is 10.2. The van der Waals surface area contributed by atoms with Crippen molar-refractivity contribution in [3.05, 3.63) is 59.2 Å². The highest BCUT2D eigenvalue weighted by Crippen LogP contribution is 2.15. The summed E-state index contributed by atoms with van der Waals surface area (Å²) in [6, 6.07) is 8.35. The van der Waals surface area contributed by atoms with Crippen LogP contribution in [0.5, 0.6) is 0 Å². The fourth-order valence-corrected chi connectivity index (χ4v) is 1.82. The monoisotopic (exact) mass is 244 g/mol. The Bertz CT molecular complexity index is 559. The molecule has 1 amide bonds. The predicted molar refractivity (Wildman–Crippen MR) is 68.1 cm³/mol. The van der Waals surface area contributed by atoms with Crippen LogP contribution in [0.25, 0.3) is 0 Å². The Labute approximate surface area is 105 Å². The first-order valence-electron chi connectivity index (χ1n) is 5.57. The Morgan fingerprint density at radius 3 is 2.39 bits per heavy atom. The molecular weight excluding hydrogens is 231 g/mol. The molecule has 0 bridgehead atoms. The van der Waals surface area contributed by atoms with Crippen LogP contribution in [0.4, 0.5) is 10.1 Å². The van der Waals surface area contributed by atoms with Crippen LogP contribution in [0.15, 0.2) is 36.5 Å². The van der Waals surface area contributed by atoms with E-state index in [1.54, 1.807) is 0 Å². The molecule has 3 nitrogen and oxygen atoms in total. The standard InChI is InChI=1S/C14H13FN2O/c1-9-4-3-5-10(2)13(9)14(18)17-11-6-7-12(15)16-8-11/h3-8H,1-2H3,(H,17,18). The molecule has 92 valence electrons. The van der Waals surface area contributed by atoms with Crippen LogP contribution in [-0.4, -0.2) is 10.9 Å². The van der Waals surface area contributed by atoms with Crippen molar-refractivity contribution >= 4 is 11.6 Å². The topological polar surface area (TPSA) is 42.0 Å². The summed E-state index contributed by atoms with van der Waals surface area (Å²) in [5.74, 6) is -0.779. The van der Waals surface area contributed by atoms with E-state index in [9.17, 15) is 9.18 Å². The first-order valence-corrected chi connectivity index (χ1v) is 5.57. The van der Waals surface area contributed by atoms with Gasteiger partial charge in [-0.25, -0.2) is 4.98 Å². The van der Waals surface area contributed by atoms with Crippen molar-refractivity contribution in [2.75, 3.05) is 5.32 Å². The molecule has 0 saturated carbocycles. The number of rotatable bonds is 2. The van der Waals surface area contributed by atoms with Crippen molar-refractivity contribution in [2.45, 2.75) is 13.8 Å². The highest BCUT2D eigenvalue weighted by molar-refractivity contribution is 6.06. The van der Waals surface area contributed by atoms with E-state index in [0.29, 0.717) is 11.3 Å². The summed E-state index contributed by atoms with van der Waals surface area (Å²) in [6.07, 6.45) is 1.29. The van der Waals surface area contributed by atoms with Gasteiger partial charge in [0.05, 0.1) is 11.9 Å². The molecule has 2 aromatic rings. The lowest BCUT2D eigenvalue weighted by molar-refractivity contribution is 0.102. The van der Waals surface area contributed by atoms with Crippen molar-refractivity contribution in [3.63, 3.8) is 0 Å². The van der Waals surface area contributed by atoms with E-state index in [0.717, 1.165) is 11.1 Å². The number of halogens is 1. The van der Waals surface area contributed by atoms with Gasteiger partial charge in [0.25, 0.3) is 5.91 Å². The second-order valence-electron chi connectivity index (χ2n) is 4.09. The fraction of sp³-hybridized carbons (Fsp3) is 0.143. The minimum absolute atomic E-state index is 0.209. The van der Waals surface area contributed by atoms with Gasteiger partial charge in [0.2, 0.25) is 5.95 Å². The third-order valence-electron chi connectivity index (χ3n) is 2.69. The third-order valence-corrected chi connectivity index (χ3v) is 2.69. The fourth-order valence-electron chi connectivity index (χ4n) is 1.82. The molecule has 0 atom stereocenters. The largest absolute Gasteiger partial charge is 0.321 e. The number of aryl methyl sites for hydroxylation is 2. The van der Waals surface area contributed by atoms with E-state index < -0.39 is 5.95 Å². The molecule has 18 heavy (non-hydrogen) atoms. The van der Waals surface area contributed by atoms with Crippen LogP contribution in [-0.2, 0) is 0 Å². The molecule has 0 spiro atoms. The average Bonchev–Trinajstić information content (AvgIpc) is 2.32. The van der Waals surface area contributed by atoms with Gasteiger partial charge in [0.1, 0.15) is 0 Å². The van der Waals surface area contributed by atoms with Gasteiger partial charge in [-0.15, -0.1) is 0 Å². The average molecular weight is 244 g/mol. The number of carbonyl (C=O) groups is 1. The van der Waals surface area contributed by atoms with Crippen molar-refractivity contribution in [1.29, 1.82) is 0 Å². The number of hydrogen-bond donors (Lipinski definition) is 1. The molecule has 0 unspecified atom stereocenters. The number of hydrogen-bond acceptors (Lipinski definition) is 2. The van der Waals surface area contributed by atoms with Gasteiger partial charge in [0, 0.05) is 5.56 Å². The van der Waals surface area contributed by atoms with Crippen LogP contribution >= 0.6 is 0 Å². The molecule has 0 fully saturated rings. The Hall–Kier alpha value is -2.23. The Morgan fingerprint density at radius 2 is 1.83 bits per heavy atom. The minimum Gasteiger partial charge on any atom is -0.321 e. The second kappa shape index (κ2) is 4.96. The predicted octanol–water partition coefficient (Wildman–Crippen LogP) is 3.09. The maximum atomic E-state index is 12.7. The highest BCUT2D eigenvalue weighted by atomic mass is 19.1. The van der Waals surface area contributed by atoms with E-state index in [4.69, 9.17) is 0 Å². The molecule has 0 saturated heterocycles. The molecule has 0 aliphatic heterocycles. The molecule has 0 radical (unpaired) electrons. The van der Waals surface area contributed by atoms with Crippen LogP contribution in [0, 0.1) is 19.8 Å². The molecule has 1 aromatic heterocycles. The van der Waals surface area contributed by atoms with Gasteiger partial charge in [-0.1, -0.05) is 18.2 Å². The van der Waals surface area contributed by atoms with Crippen LogP contribution < -0.4 is 5.32 Å². The van der Waals surface area contributed by atoms with Gasteiger partial charge in [-0.2, -0.15) is 4.39 Å². The number of nitrogens with one attached hydrogen (secondary N) is 1. The summed E-state index contributed by atoms with van der Waals surface area (Å²) < 4.78 is 12.7. The van der Waals surface area contributed by atoms with E-state index in [2.05, 4.69) is 10.3 Å². The molecule has 0 aliphatic rings. The Kier molecular flexibility index (Phi) is 3.37. The Balaban J connectivity index is 2.25.